The molecule has 5 heteroatoms. The van der Waals surface area contributed by atoms with E-state index in [1.54, 1.807) is 22.7 Å². The predicted octanol–water partition coefficient (Wildman–Crippen LogP) is 6.16. The first kappa shape index (κ1) is 11.2. The lowest BCUT2D eigenvalue weighted by Gasteiger charge is -2.04. The van der Waals surface area contributed by atoms with Crippen LogP contribution in [0.2, 0.25) is 5.02 Å². The Labute approximate surface area is 119 Å². The second-order valence-corrected chi connectivity index (χ2v) is 7.63. The summed E-state index contributed by atoms with van der Waals surface area (Å²) >= 11 is 15.2. The smallest absolute Gasteiger partial charge is 0.0846 e. The van der Waals surface area contributed by atoms with Gasteiger partial charge in [-0.1, -0.05) is 27.5 Å². The molecular weight excluding hydrogens is 344 g/mol. The van der Waals surface area contributed by atoms with Crippen LogP contribution in [0.25, 0.3) is 9.40 Å². The van der Waals surface area contributed by atoms with Gasteiger partial charge in [-0.25, -0.2) is 0 Å². The standard InChI is InChI=1S/C11H6BrClS3/c12-10(11-6(13)1-3-15-11)9-5-8-7(16-9)2-4-14-8/h1-5,10H. The van der Waals surface area contributed by atoms with Gasteiger partial charge in [-0.05, 0) is 29.0 Å². The molecular formula is C11H6BrClS3. The van der Waals surface area contributed by atoms with Crippen LogP contribution in [0, 0.1) is 0 Å². The topological polar surface area (TPSA) is 0 Å². The van der Waals surface area contributed by atoms with Crippen molar-refractivity contribution in [1.82, 2.24) is 0 Å². The lowest BCUT2D eigenvalue weighted by atomic mass is 10.3. The van der Waals surface area contributed by atoms with Gasteiger partial charge in [-0.15, -0.1) is 34.0 Å². The average Bonchev–Trinajstić information content (AvgIpc) is 2.89. The van der Waals surface area contributed by atoms with E-state index in [-0.39, 0.29) is 4.83 Å². The highest BCUT2D eigenvalue weighted by Crippen LogP contribution is 2.43. The van der Waals surface area contributed by atoms with Gasteiger partial charge >= 0.3 is 0 Å². The highest BCUT2D eigenvalue weighted by molar-refractivity contribution is 9.09. The summed E-state index contributed by atoms with van der Waals surface area (Å²) in [6, 6.07) is 6.37. The maximum Gasteiger partial charge on any atom is 0.0846 e. The molecule has 0 aliphatic rings. The number of hydrogen-bond donors (Lipinski definition) is 0. The van der Waals surface area contributed by atoms with Crippen LogP contribution in [0.4, 0.5) is 0 Å². The van der Waals surface area contributed by atoms with Gasteiger partial charge in [0.1, 0.15) is 0 Å². The van der Waals surface area contributed by atoms with Crippen LogP contribution < -0.4 is 0 Å². The van der Waals surface area contributed by atoms with Gasteiger partial charge in [0.15, 0.2) is 0 Å². The fourth-order valence-electron chi connectivity index (χ4n) is 1.52. The fourth-order valence-corrected chi connectivity index (χ4v) is 5.98. The van der Waals surface area contributed by atoms with E-state index < -0.39 is 0 Å². The molecule has 0 nitrogen and oxygen atoms in total. The Kier molecular flexibility index (Phi) is 3.11. The molecule has 16 heavy (non-hydrogen) atoms. The summed E-state index contributed by atoms with van der Waals surface area (Å²) in [4.78, 5) is 2.74. The van der Waals surface area contributed by atoms with Crippen LogP contribution in [0.1, 0.15) is 14.6 Å². The molecule has 0 saturated carbocycles. The number of hydrogen-bond acceptors (Lipinski definition) is 3. The summed E-state index contributed by atoms with van der Waals surface area (Å²) in [6.07, 6.45) is 0. The predicted molar refractivity (Wildman–Crippen MR) is 79.8 cm³/mol. The van der Waals surface area contributed by atoms with Gasteiger partial charge in [-0.3, -0.25) is 0 Å². The lowest BCUT2D eigenvalue weighted by Crippen LogP contribution is -1.84. The minimum atomic E-state index is 0.226. The molecule has 0 spiro atoms. The normalized spacial score (nSPS) is 13.4. The van der Waals surface area contributed by atoms with E-state index in [2.05, 4.69) is 33.4 Å². The SMILES string of the molecule is Clc1ccsc1C(Br)c1cc2sccc2s1. The molecule has 3 rings (SSSR count). The van der Waals surface area contributed by atoms with E-state index >= 15 is 0 Å². The van der Waals surface area contributed by atoms with Crippen molar-refractivity contribution in [3.63, 3.8) is 0 Å². The molecule has 0 aliphatic heterocycles. The zero-order chi connectivity index (χ0) is 11.1. The molecule has 82 valence electrons. The maximum absolute atomic E-state index is 6.14. The van der Waals surface area contributed by atoms with E-state index in [0.29, 0.717) is 0 Å². The first-order chi connectivity index (χ1) is 7.75. The molecule has 0 saturated heterocycles. The van der Waals surface area contributed by atoms with Crippen molar-refractivity contribution in [2.75, 3.05) is 0 Å². The summed E-state index contributed by atoms with van der Waals surface area (Å²) in [6.45, 7) is 0. The van der Waals surface area contributed by atoms with Crippen molar-refractivity contribution in [1.29, 1.82) is 0 Å². The maximum atomic E-state index is 6.14. The Hall–Kier alpha value is 0.130. The minimum absolute atomic E-state index is 0.226. The van der Waals surface area contributed by atoms with Crippen LogP contribution in [-0.2, 0) is 0 Å². The molecule has 3 heterocycles. The van der Waals surface area contributed by atoms with Crippen molar-refractivity contribution in [2.24, 2.45) is 0 Å². The molecule has 3 aromatic rings. The average molecular weight is 350 g/mol. The van der Waals surface area contributed by atoms with E-state index in [4.69, 9.17) is 11.6 Å². The van der Waals surface area contributed by atoms with Crippen molar-refractivity contribution in [2.45, 2.75) is 4.83 Å². The number of rotatable bonds is 2. The van der Waals surface area contributed by atoms with E-state index in [1.807, 2.05) is 22.8 Å². The molecule has 0 radical (unpaired) electrons. The monoisotopic (exact) mass is 348 g/mol. The summed E-state index contributed by atoms with van der Waals surface area (Å²) in [5.41, 5.74) is 0. The molecule has 1 unspecified atom stereocenters. The van der Waals surface area contributed by atoms with Gasteiger partial charge in [0, 0.05) is 19.2 Å². The first-order valence-corrected chi connectivity index (χ1v) is 8.46. The van der Waals surface area contributed by atoms with Crippen LogP contribution in [0.3, 0.4) is 0 Å². The van der Waals surface area contributed by atoms with E-state index in [9.17, 15) is 0 Å². The van der Waals surface area contributed by atoms with E-state index in [1.165, 1.54) is 19.2 Å². The zero-order valence-corrected chi connectivity index (χ0v) is 12.7. The van der Waals surface area contributed by atoms with Gasteiger partial charge in [0.05, 0.1) is 9.85 Å². The van der Waals surface area contributed by atoms with Crippen LogP contribution in [0.15, 0.2) is 29.0 Å². The van der Waals surface area contributed by atoms with Crippen molar-refractivity contribution in [3.8, 4) is 0 Å². The Morgan fingerprint density at radius 1 is 1.12 bits per heavy atom. The van der Waals surface area contributed by atoms with E-state index in [0.717, 1.165) is 5.02 Å². The number of fused-ring (bicyclic) bond motifs is 1. The second-order valence-electron chi connectivity index (χ2n) is 3.29. The van der Waals surface area contributed by atoms with Gasteiger partial charge in [-0.2, -0.15) is 0 Å². The van der Waals surface area contributed by atoms with Gasteiger partial charge in [0.2, 0.25) is 0 Å². The largest absolute Gasteiger partial charge is 0.146 e. The Bertz CT molecular complexity index is 593. The van der Waals surface area contributed by atoms with Crippen LogP contribution in [0.5, 0.6) is 0 Å². The third-order valence-electron chi connectivity index (χ3n) is 2.28. The first-order valence-electron chi connectivity index (χ1n) is 4.59. The molecule has 0 aromatic carbocycles. The van der Waals surface area contributed by atoms with Crippen molar-refractivity contribution < 1.29 is 0 Å². The number of thiophene rings is 3. The number of alkyl halides is 1. The van der Waals surface area contributed by atoms with Gasteiger partial charge in [0.25, 0.3) is 0 Å². The summed E-state index contributed by atoms with van der Waals surface area (Å²) < 4.78 is 2.72. The Balaban J connectivity index is 2.04. The molecule has 0 fully saturated rings. The Morgan fingerprint density at radius 3 is 2.62 bits per heavy atom. The van der Waals surface area contributed by atoms with Gasteiger partial charge < -0.3 is 0 Å². The molecule has 3 aromatic heterocycles. The number of halogens is 2. The molecule has 0 N–H and O–H groups in total. The van der Waals surface area contributed by atoms with Crippen molar-refractivity contribution in [3.05, 3.63) is 43.7 Å². The summed E-state index contributed by atoms with van der Waals surface area (Å²) in [5, 5.41) is 5.01. The highest BCUT2D eigenvalue weighted by atomic mass is 79.9. The summed E-state index contributed by atoms with van der Waals surface area (Å²) in [5.74, 6) is 0. The molecule has 0 amide bonds. The molecule has 1 atom stereocenters. The zero-order valence-electron chi connectivity index (χ0n) is 7.94. The quantitative estimate of drug-likeness (QED) is 0.486. The van der Waals surface area contributed by atoms with Crippen LogP contribution >= 0.6 is 61.5 Å². The lowest BCUT2D eigenvalue weighted by molar-refractivity contribution is 1.29. The Morgan fingerprint density at radius 2 is 1.94 bits per heavy atom. The minimum Gasteiger partial charge on any atom is -0.146 e. The van der Waals surface area contributed by atoms with Crippen LogP contribution in [-0.4, -0.2) is 0 Å². The highest BCUT2D eigenvalue weighted by Gasteiger charge is 2.17. The summed E-state index contributed by atoms with van der Waals surface area (Å²) in [7, 11) is 0. The second kappa shape index (κ2) is 4.42. The third-order valence-corrected chi connectivity index (χ3v) is 7.42. The fraction of sp³-hybridized carbons (Fsp3) is 0.0909. The molecule has 0 aliphatic carbocycles. The third kappa shape index (κ3) is 1.87. The van der Waals surface area contributed by atoms with Crippen molar-refractivity contribution >= 4 is 70.9 Å². The molecule has 0 bridgehead atoms.